The number of carbonyl (C=O) groups is 1. The Hall–Kier alpha value is -2.13. The molecule has 2 fully saturated rings. The number of nitrogens with one attached hydrogen (secondary N) is 1. The number of H-pyrrole nitrogens is 1. The van der Waals surface area contributed by atoms with Gasteiger partial charge in [0.1, 0.15) is 22.8 Å². The number of likely N-dealkylation sites (tertiary alicyclic amines) is 1. The lowest BCUT2D eigenvalue weighted by molar-refractivity contribution is -0.130. The number of benzene rings is 1. The lowest BCUT2D eigenvalue weighted by Gasteiger charge is -2.31. The molecule has 0 bridgehead atoms. The topological polar surface area (TPSA) is 84.5 Å². The van der Waals surface area contributed by atoms with E-state index in [4.69, 9.17) is 9.47 Å². The van der Waals surface area contributed by atoms with E-state index in [0.29, 0.717) is 40.6 Å². The van der Waals surface area contributed by atoms with Gasteiger partial charge in [0, 0.05) is 50.6 Å². The average Bonchev–Trinajstić information content (AvgIpc) is 2.77. The highest BCUT2D eigenvalue weighted by molar-refractivity contribution is 7.99. The van der Waals surface area contributed by atoms with Crippen molar-refractivity contribution in [3.05, 3.63) is 34.1 Å². The number of rotatable bonds is 6. The van der Waals surface area contributed by atoms with Gasteiger partial charge in [0.05, 0.1) is 17.9 Å². The lowest BCUT2D eigenvalue weighted by Crippen LogP contribution is -2.38. The first-order chi connectivity index (χ1) is 15.0. The third kappa shape index (κ3) is 5.57. The number of hydrogen-bond donors (Lipinski definition) is 1. The molecular formula is C22H28FN3O4S. The number of aromatic nitrogens is 2. The molecule has 2 aliphatic heterocycles. The SMILES string of the molecule is CC(=O)N1CCC(COc2cc(F)c3c(=O)[nH]c(CSC4CCOCC4)nc3c2)CC1. The van der Waals surface area contributed by atoms with Crippen LogP contribution >= 0.6 is 11.8 Å². The van der Waals surface area contributed by atoms with E-state index in [1.165, 1.54) is 6.07 Å². The molecule has 2 aromatic rings. The fraction of sp³-hybridized carbons (Fsp3) is 0.591. The number of amides is 1. The highest BCUT2D eigenvalue weighted by atomic mass is 32.2. The second-order valence-corrected chi connectivity index (χ2v) is 9.48. The molecule has 31 heavy (non-hydrogen) atoms. The van der Waals surface area contributed by atoms with E-state index < -0.39 is 11.4 Å². The van der Waals surface area contributed by atoms with Gasteiger partial charge in [0.15, 0.2) is 0 Å². The Morgan fingerprint density at radius 1 is 1.29 bits per heavy atom. The number of nitrogens with zero attached hydrogens (tertiary/aromatic N) is 2. The minimum Gasteiger partial charge on any atom is -0.493 e. The van der Waals surface area contributed by atoms with Gasteiger partial charge < -0.3 is 19.4 Å². The maximum Gasteiger partial charge on any atom is 0.261 e. The van der Waals surface area contributed by atoms with Crippen LogP contribution in [0.15, 0.2) is 16.9 Å². The fourth-order valence-electron chi connectivity index (χ4n) is 4.07. The normalized spacial score (nSPS) is 18.5. The van der Waals surface area contributed by atoms with Crippen molar-refractivity contribution in [2.75, 3.05) is 32.9 Å². The minimum atomic E-state index is -0.628. The van der Waals surface area contributed by atoms with Crippen LogP contribution in [0.5, 0.6) is 5.75 Å². The molecule has 0 unspecified atom stereocenters. The summed E-state index contributed by atoms with van der Waals surface area (Å²) >= 11 is 1.74. The lowest BCUT2D eigenvalue weighted by atomic mass is 9.98. The summed E-state index contributed by atoms with van der Waals surface area (Å²) < 4.78 is 25.8. The molecule has 1 aromatic heterocycles. The summed E-state index contributed by atoms with van der Waals surface area (Å²) in [5, 5.41) is 0.442. The van der Waals surface area contributed by atoms with Gasteiger partial charge in [-0.05, 0) is 31.6 Å². The van der Waals surface area contributed by atoms with Crippen molar-refractivity contribution in [1.82, 2.24) is 14.9 Å². The zero-order valence-corrected chi connectivity index (χ0v) is 18.5. The van der Waals surface area contributed by atoms with Crippen LogP contribution in [-0.2, 0) is 15.3 Å². The van der Waals surface area contributed by atoms with Gasteiger partial charge in [-0.25, -0.2) is 9.37 Å². The van der Waals surface area contributed by atoms with Crippen LogP contribution < -0.4 is 10.3 Å². The number of aromatic amines is 1. The first kappa shape index (κ1) is 22.1. The van der Waals surface area contributed by atoms with Crippen molar-refractivity contribution >= 4 is 28.6 Å². The van der Waals surface area contributed by atoms with Crippen molar-refractivity contribution in [3.63, 3.8) is 0 Å². The van der Waals surface area contributed by atoms with Gasteiger partial charge in [0.2, 0.25) is 5.91 Å². The predicted octanol–water partition coefficient (Wildman–Crippen LogP) is 3.11. The van der Waals surface area contributed by atoms with Gasteiger partial charge in [-0.15, -0.1) is 0 Å². The maximum absolute atomic E-state index is 14.6. The quantitative estimate of drug-likeness (QED) is 0.730. The van der Waals surface area contributed by atoms with Crippen LogP contribution in [0.3, 0.4) is 0 Å². The summed E-state index contributed by atoms with van der Waals surface area (Å²) in [6.45, 7) is 5.01. The molecule has 2 saturated heterocycles. The molecule has 2 aliphatic rings. The number of ether oxygens (including phenoxy) is 2. The van der Waals surface area contributed by atoms with Crippen molar-refractivity contribution in [3.8, 4) is 5.75 Å². The minimum absolute atomic E-state index is 0.0399. The summed E-state index contributed by atoms with van der Waals surface area (Å²) in [6.07, 6.45) is 3.70. The summed E-state index contributed by atoms with van der Waals surface area (Å²) in [4.78, 5) is 32.9. The van der Waals surface area contributed by atoms with Crippen LogP contribution in [0, 0.1) is 11.7 Å². The Morgan fingerprint density at radius 2 is 2.03 bits per heavy atom. The first-order valence-electron chi connectivity index (χ1n) is 10.8. The Bertz CT molecular complexity index is 985. The molecule has 168 valence electrons. The van der Waals surface area contributed by atoms with Crippen LogP contribution in [0.1, 0.15) is 38.4 Å². The number of thioether (sulfide) groups is 1. The Balaban J connectivity index is 1.42. The molecule has 1 amide bonds. The van der Waals surface area contributed by atoms with E-state index in [1.807, 2.05) is 4.90 Å². The summed E-state index contributed by atoms with van der Waals surface area (Å²) in [7, 11) is 0. The van der Waals surface area contributed by atoms with Crippen molar-refractivity contribution in [2.45, 2.75) is 43.6 Å². The molecule has 1 aromatic carbocycles. The summed E-state index contributed by atoms with van der Waals surface area (Å²) in [5.74, 6) is 1.27. The number of carbonyl (C=O) groups excluding carboxylic acids is 1. The molecule has 0 saturated carbocycles. The highest BCUT2D eigenvalue weighted by Gasteiger charge is 2.22. The monoisotopic (exact) mass is 449 g/mol. The Morgan fingerprint density at radius 3 is 2.74 bits per heavy atom. The number of halogens is 1. The third-order valence-electron chi connectivity index (χ3n) is 5.95. The number of hydrogen-bond acceptors (Lipinski definition) is 6. The first-order valence-corrected chi connectivity index (χ1v) is 11.8. The van der Waals surface area contributed by atoms with Gasteiger partial charge in [-0.3, -0.25) is 9.59 Å². The fourth-order valence-corrected chi connectivity index (χ4v) is 5.12. The molecule has 3 heterocycles. The smallest absolute Gasteiger partial charge is 0.261 e. The number of piperidine rings is 1. The highest BCUT2D eigenvalue weighted by Crippen LogP contribution is 2.26. The number of fused-ring (bicyclic) bond motifs is 1. The molecule has 0 spiro atoms. The van der Waals surface area contributed by atoms with E-state index in [1.54, 1.807) is 24.8 Å². The largest absolute Gasteiger partial charge is 0.493 e. The summed E-state index contributed by atoms with van der Waals surface area (Å²) in [5.41, 5.74) is -0.152. The second kappa shape index (κ2) is 9.99. The van der Waals surface area contributed by atoms with E-state index in [9.17, 15) is 14.0 Å². The van der Waals surface area contributed by atoms with Gasteiger partial charge in [-0.1, -0.05) is 0 Å². The Kier molecular flexibility index (Phi) is 7.12. The van der Waals surface area contributed by atoms with Crippen LogP contribution in [0.2, 0.25) is 0 Å². The maximum atomic E-state index is 14.6. The van der Waals surface area contributed by atoms with E-state index in [-0.39, 0.29) is 11.3 Å². The van der Waals surface area contributed by atoms with Gasteiger partial charge >= 0.3 is 0 Å². The van der Waals surface area contributed by atoms with Crippen molar-refractivity contribution < 1.29 is 18.7 Å². The van der Waals surface area contributed by atoms with Crippen molar-refractivity contribution in [2.24, 2.45) is 5.92 Å². The molecule has 0 aliphatic carbocycles. The zero-order chi connectivity index (χ0) is 21.8. The molecule has 1 N–H and O–H groups in total. The van der Waals surface area contributed by atoms with E-state index in [2.05, 4.69) is 9.97 Å². The van der Waals surface area contributed by atoms with E-state index >= 15 is 0 Å². The second-order valence-electron chi connectivity index (χ2n) is 8.20. The molecular weight excluding hydrogens is 421 g/mol. The molecule has 4 rings (SSSR count). The van der Waals surface area contributed by atoms with Crippen LogP contribution in [-0.4, -0.2) is 58.9 Å². The standard InChI is InChI=1S/C22H28FN3O4S/c1-14(27)26-6-2-15(3-7-26)12-30-16-10-18(23)21-19(11-16)24-20(25-22(21)28)13-31-17-4-8-29-9-5-17/h10-11,15,17H,2-9,12-13H2,1H3,(H,24,25,28). The van der Waals surface area contributed by atoms with Gasteiger partial charge in [0.25, 0.3) is 5.56 Å². The third-order valence-corrected chi connectivity index (χ3v) is 7.34. The predicted molar refractivity (Wildman–Crippen MR) is 118 cm³/mol. The van der Waals surface area contributed by atoms with E-state index in [0.717, 1.165) is 52.0 Å². The molecule has 0 radical (unpaired) electrons. The molecule has 7 nitrogen and oxygen atoms in total. The van der Waals surface area contributed by atoms with Crippen molar-refractivity contribution in [1.29, 1.82) is 0 Å². The van der Waals surface area contributed by atoms with Crippen LogP contribution in [0.25, 0.3) is 10.9 Å². The average molecular weight is 450 g/mol. The van der Waals surface area contributed by atoms with Gasteiger partial charge in [-0.2, -0.15) is 11.8 Å². The van der Waals surface area contributed by atoms with Crippen LogP contribution in [0.4, 0.5) is 4.39 Å². The molecule has 9 heteroatoms. The molecule has 0 atom stereocenters. The summed E-state index contributed by atoms with van der Waals surface area (Å²) in [6, 6.07) is 2.89. The zero-order valence-electron chi connectivity index (χ0n) is 17.7. The Labute approximate surface area is 184 Å².